The van der Waals surface area contributed by atoms with Gasteiger partial charge < -0.3 is 28.8 Å². The molecule has 4 heterocycles. The highest BCUT2D eigenvalue weighted by atomic mass is 32.2. The summed E-state index contributed by atoms with van der Waals surface area (Å²) in [6, 6.07) is 28.0. The van der Waals surface area contributed by atoms with Crippen LogP contribution in [-0.4, -0.2) is 95.9 Å². The van der Waals surface area contributed by atoms with Gasteiger partial charge in [0.25, 0.3) is 10.2 Å². The molecule has 0 radical (unpaired) electrons. The van der Waals surface area contributed by atoms with Crippen LogP contribution in [0.1, 0.15) is 33.9 Å². The first-order chi connectivity index (χ1) is 28.1. The number of piperazine rings is 1. The second-order valence-electron chi connectivity index (χ2n) is 14.7. The van der Waals surface area contributed by atoms with Gasteiger partial charge in [-0.05, 0) is 54.1 Å². The highest BCUT2D eigenvalue weighted by Crippen LogP contribution is 2.39. The predicted octanol–water partition coefficient (Wildman–Crippen LogP) is 6.50. The molecule has 0 spiro atoms. The van der Waals surface area contributed by atoms with Crippen LogP contribution in [0.4, 0.5) is 5.69 Å². The average molecular weight is 805 g/mol. The Kier molecular flexibility index (Phi) is 11.3. The molecule has 0 atom stereocenters. The first kappa shape index (κ1) is 39.2. The van der Waals surface area contributed by atoms with Crippen molar-refractivity contribution in [3.05, 3.63) is 120 Å². The largest absolute Gasteiger partial charge is 0.493 e. The number of aromatic carboxylic acids is 1. The zero-order chi connectivity index (χ0) is 40.4. The Morgan fingerprint density at radius 2 is 1.64 bits per heavy atom. The van der Waals surface area contributed by atoms with E-state index in [0.29, 0.717) is 76.8 Å². The fourth-order valence-corrected chi connectivity index (χ4v) is 9.18. The SMILES string of the molecule is CN(C)S(=O)(=O)N1CCN(c2ccc(OCc3nn(C)c4c3-c3cccc5c(CCCOc6cccc7ccccc67)c(C(=O)O)n(c35)C/C=C\COC4)cc2)CC1. The van der Waals surface area contributed by atoms with E-state index in [0.717, 1.165) is 55.5 Å². The Morgan fingerprint density at radius 1 is 0.897 bits per heavy atom. The molecular formula is C44H48N6O7S. The number of carbonyl (C=O) groups is 1. The van der Waals surface area contributed by atoms with Gasteiger partial charge in [0, 0.05) is 81.5 Å². The third-order valence-electron chi connectivity index (χ3n) is 11.0. The minimum absolute atomic E-state index is 0.170. The van der Waals surface area contributed by atoms with Gasteiger partial charge in [-0.3, -0.25) is 4.68 Å². The first-order valence-electron chi connectivity index (χ1n) is 19.5. The number of nitrogens with zero attached hydrogens (tertiary/aromatic N) is 6. The molecule has 0 saturated carbocycles. The van der Waals surface area contributed by atoms with E-state index in [1.165, 1.54) is 8.61 Å². The summed E-state index contributed by atoms with van der Waals surface area (Å²) < 4.78 is 50.4. The van der Waals surface area contributed by atoms with Crippen LogP contribution in [0.2, 0.25) is 0 Å². The summed E-state index contributed by atoms with van der Waals surface area (Å²) >= 11 is 0. The summed E-state index contributed by atoms with van der Waals surface area (Å²) in [6.45, 7) is 3.63. The van der Waals surface area contributed by atoms with E-state index >= 15 is 0 Å². The Hall–Kier alpha value is -5.67. The molecule has 6 aromatic rings. The summed E-state index contributed by atoms with van der Waals surface area (Å²) in [6.07, 6.45) is 5.03. The second-order valence-corrected chi connectivity index (χ2v) is 16.9. The zero-order valence-corrected chi connectivity index (χ0v) is 33.8. The number of anilines is 1. The molecule has 2 aromatic heterocycles. The van der Waals surface area contributed by atoms with E-state index in [-0.39, 0.29) is 12.3 Å². The smallest absolute Gasteiger partial charge is 0.352 e. The lowest BCUT2D eigenvalue weighted by Gasteiger charge is -2.36. The molecule has 4 aromatic carbocycles. The van der Waals surface area contributed by atoms with Crippen LogP contribution in [-0.2, 0) is 48.2 Å². The van der Waals surface area contributed by atoms with E-state index in [2.05, 4.69) is 17.0 Å². The van der Waals surface area contributed by atoms with E-state index < -0.39 is 16.2 Å². The monoisotopic (exact) mass is 804 g/mol. The molecule has 2 aliphatic heterocycles. The molecule has 1 fully saturated rings. The Bertz CT molecular complexity index is 2580. The van der Waals surface area contributed by atoms with Crippen LogP contribution in [0.5, 0.6) is 11.5 Å². The van der Waals surface area contributed by atoms with Gasteiger partial charge in [0.15, 0.2) is 0 Å². The summed E-state index contributed by atoms with van der Waals surface area (Å²) in [5, 5.41) is 18.7. The van der Waals surface area contributed by atoms with Crippen LogP contribution >= 0.6 is 0 Å². The molecule has 14 heteroatoms. The summed E-state index contributed by atoms with van der Waals surface area (Å²) in [5.74, 6) is 0.494. The molecule has 1 saturated heterocycles. The molecule has 2 aliphatic rings. The Labute approximate surface area is 338 Å². The van der Waals surface area contributed by atoms with Crippen molar-refractivity contribution in [1.29, 1.82) is 0 Å². The summed E-state index contributed by atoms with van der Waals surface area (Å²) in [4.78, 5) is 15.3. The number of carboxylic acids is 1. The van der Waals surface area contributed by atoms with E-state index in [1.807, 2.05) is 101 Å². The van der Waals surface area contributed by atoms with Crippen molar-refractivity contribution in [2.45, 2.75) is 32.6 Å². The number of para-hydroxylation sites is 1. The highest BCUT2D eigenvalue weighted by Gasteiger charge is 2.30. The van der Waals surface area contributed by atoms with Gasteiger partial charge in [-0.25, -0.2) is 4.79 Å². The van der Waals surface area contributed by atoms with Gasteiger partial charge in [-0.2, -0.15) is 22.1 Å². The number of aryl methyl sites for hydroxylation is 2. The normalized spacial score (nSPS) is 15.7. The van der Waals surface area contributed by atoms with Crippen LogP contribution in [0.3, 0.4) is 0 Å². The molecule has 302 valence electrons. The molecule has 58 heavy (non-hydrogen) atoms. The molecule has 1 N–H and O–H groups in total. The highest BCUT2D eigenvalue weighted by molar-refractivity contribution is 7.86. The quantitative estimate of drug-likeness (QED) is 0.109. The number of fused-ring (bicyclic) bond motifs is 3. The van der Waals surface area contributed by atoms with Gasteiger partial charge in [-0.15, -0.1) is 0 Å². The number of aromatic nitrogens is 3. The second kappa shape index (κ2) is 16.7. The number of hydrogen-bond donors (Lipinski definition) is 1. The number of ether oxygens (including phenoxy) is 3. The topological polar surface area (TPSA) is 132 Å². The van der Waals surface area contributed by atoms with Gasteiger partial charge in [0.2, 0.25) is 0 Å². The van der Waals surface area contributed by atoms with Gasteiger partial charge in [0.1, 0.15) is 29.5 Å². The number of hydrogen-bond acceptors (Lipinski definition) is 8. The maximum Gasteiger partial charge on any atom is 0.352 e. The minimum atomic E-state index is -3.44. The van der Waals surface area contributed by atoms with Crippen molar-refractivity contribution < 1.29 is 32.5 Å². The van der Waals surface area contributed by atoms with E-state index in [9.17, 15) is 18.3 Å². The van der Waals surface area contributed by atoms with Crippen molar-refractivity contribution in [1.82, 2.24) is 23.0 Å². The van der Waals surface area contributed by atoms with Crippen molar-refractivity contribution in [2.75, 3.05) is 58.4 Å². The number of allylic oxidation sites excluding steroid dienone is 1. The lowest BCUT2D eigenvalue weighted by atomic mass is 9.98. The van der Waals surface area contributed by atoms with Crippen molar-refractivity contribution in [2.24, 2.45) is 7.05 Å². The van der Waals surface area contributed by atoms with Crippen molar-refractivity contribution >= 4 is 43.5 Å². The first-order valence-corrected chi connectivity index (χ1v) is 20.9. The third kappa shape index (κ3) is 7.67. The van der Waals surface area contributed by atoms with E-state index in [4.69, 9.17) is 19.3 Å². The van der Waals surface area contributed by atoms with Gasteiger partial charge in [-0.1, -0.05) is 66.7 Å². The maximum atomic E-state index is 13.1. The lowest BCUT2D eigenvalue weighted by Crippen LogP contribution is -2.51. The fraction of sp³-hybridized carbons (Fsp3) is 0.318. The molecule has 0 aliphatic carbocycles. The number of benzene rings is 4. The molecule has 13 nitrogen and oxygen atoms in total. The summed E-state index contributed by atoms with van der Waals surface area (Å²) in [7, 11) is 1.55. The van der Waals surface area contributed by atoms with Crippen LogP contribution in [0.15, 0.2) is 97.1 Å². The van der Waals surface area contributed by atoms with Crippen molar-refractivity contribution in [3.8, 4) is 22.6 Å². The van der Waals surface area contributed by atoms with E-state index in [1.54, 1.807) is 14.1 Å². The average Bonchev–Trinajstić information content (AvgIpc) is 3.71. The Balaban J connectivity index is 1.06. The van der Waals surface area contributed by atoms with Gasteiger partial charge >= 0.3 is 5.97 Å². The fourth-order valence-electron chi connectivity index (χ4n) is 8.10. The standard InChI is InChI=1S/C44H48N6O7S/c1-46(2)58(53,54)49-25-23-48(24-26-49)32-18-20-33(21-19-32)57-29-38-41-37-15-9-14-35-36(16-10-28-56-40-17-8-12-31-11-4-5-13-34(31)40)43(44(51)52)50(42(35)37)22-6-7-27-55-30-39(41)47(3)45-38/h4-9,11-15,17-21H,10,16,22-30H2,1-3H3,(H,51,52)/b7-6-. The zero-order valence-electron chi connectivity index (χ0n) is 33.0. The predicted molar refractivity (Wildman–Crippen MR) is 225 cm³/mol. The number of carboxylic acid groups (broad SMARTS) is 1. The molecule has 0 amide bonds. The third-order valence-corrected chi connectivity index (χ3v) is 12.9. The summed E-state index contributed by atoms with van der Waals surface area (Å²) in [5.41, 5.74) is 6.15. The number of rotatable bonds is 12. The lowest BCUT2D eigenvalue weighted by molar-refractivity contribution is 0.0685. The molecule has 0 unspecified atom stereocenters. The Morgan fingerprint density at radius 3 is 2.41 bits per heavy atom. The maximum absolute atomic E-state index is 13.1. The molecule has 0 bridgehead atoms. The van der Waals surface area contributed by atoms with Crippen LogP contribution in [0.25, 0.3) is 32.8 Å². The van der Waals surface area contributed by atoms with Crippen LogP contribution in [0, 0.1) is 0 Å². The van der Waals surface area contributed by atoms with Crippen molar-refractivity contribution in [3.63, 3.8) is 0 Å². The van der Waals surface area contributed by atoms with Gasteiger partial charge in [0.05, 0.1) is 31.0 Å². The van der Waals surface area contributed by atoms with Crippen LogP contribution < -0.4 is 14.4 Å². The molecular weight excluding hydrogens is 757 g/mol. The molecule has 8 rings (SSSR count). The minimum Gasteiger partial charge on any atom is -0.493 e.